The summed E-state index contributed by atoms with van der Waals surface area (Å²) in [6.45, 7) is -0.440. The molecule has 0 aliphatic heterocycles. The van der Waals surface area contributed by atoms with Crippen LogP contribution in [0, 0.1) is 11.3 Å². The Hall–Kier alpha value is -8.53. The maximum atomic E-state index is 13.0. The lowest BCUT2D eigenvalue weighted by Gasteiger charge is -2.16. The molecule has 3 aromatic carbocycles. The predicted molar refractivity (Wildman–Crippen MR) is 201 cm³/mol. The summed E-state index contributed by atoms with van der Waals surface area (Å²) in [4.78, 5) is 82.9. The Labute approximate surface area is 321 Å². The summed E-state index contributed by atoms with van der Waals surface area (Å²) in [5.41, 5.74) is 0.203. The number of carboxylic acids is 1. The van der Waals surface area contributed by atoms with E-state index in [1.807, 2.05) is 6.07 Å². The van der Waals surface area contributed by atoms with Crippen LogP contribution in [0.1, 0.15) is 57.6 Å². The van der Waals surface area contributed by atoms with Crippen molar-refractivity contribution in [2.45, 2.75) is 0 Å². The molecule has 19 heteroatoms. The number of methoxy groups -OCH3 is 2. The van der Waals surface area contributed by atoms with E-state index in [-0.39, 0.29) is 45.5 Å². The van der Waals surface area contributed by atoms with Crippen LogP contribution in [0.2, 0.25) is 0 Å². The summed E-state index contributed by atoms with van der Waals surface area (Å²) in [6, 6.07) is 18.2. The average Bonchev–Trinajstić information content (AvgIpc) is 3.20. The largest absolute Gasteiger partial charge is 0.504 e. The topological polar surface area (TPSA) is 291 Å². The van der Waals surface area contributed by atoms with Gasteiger partial charge in [0.2, 0.25) is 5.91 Å². The average molecular weight is 775 g/mol. The summed E-state index contributed by atoms with van der Waals surface area (Å²) in [5.74, 6) is -6.78. The Morgan fingerprint density at radius 3 is 1.68 bits per heavy atom. The number of nitriles is 1. The molecule has 8 N–H and O–H groups in total. The number of anilines is 4. The number of carbonyl (C=O) groups is 6. The van der Waals surface area contributed by atoms with Crippen LogP contribution in [-0.4, -0.2) is 81.6 Å². The van der Waals surface area contributed by atoms with Gasteiger partial charge in [-0.2, -0.15) is 5.26 Å². The van der Waals surface area contributed by atoms with Gasteiger partial charge in [-0.3, -0.25) is 24.0 Å². The van der Waals surface area contributed by atoms with Gasteiger partial charge in [0, 0.05) is 5.56 Å². The lowest BCUT2D eigenvalue weighted by atomic mass is 10.1. The molecule has 0 bridgehead atoms. The van der Waals surface area contributed by atoms with Crippen molar-refractivity contribution >= 4 is 58.3 Å². The highest BCUT2D eigenvalue weighted by atomic mass is 16.5. The molecule has 0 aliphatic rings. The molecule has 5 rings (SSSR count). The Morgan fingerprint density at radius 1 is 0.632 bits per heavy atom. The second-order valence-corrected chi connectivity index (χ2v) is 11.5. The van der Waals surface area contributed by atoms with Crippen LogP contribution >= 0.6 is 0 Å². The predicted octanol–water partition coefficient (Wildman–Crippen LogP) is 3.60. The minimum Gasteiger partial charge on any atom is -0.504 e. The number of carboxylic acid groups (broad SMARTS) is 1. The van der Waals surface area contributed by atoms with Gasteiger partial charge in [0.05, 0.1) is 73.1 Å². The van der Waals surface area contributed by atoms with Crippen LogP contribution in [-0.2, 0) is 4.79 Å². The standard InChI is InChI=1S/C38H30N8O11/c1-56-32-26(13-9-23(30(32)48)35(51)45-25-14-10-24(38(54)55)31(49)33(25)57-2)46-37(53)28-12-7-21(16-41-28)43-29(47)18-42-36(52)27-11-8-22(17-40-27)44-34(50)20-5-3-19(15-39)4-6-20/h3-14,16-17,48-49H,18H2,1-2H3,(H,42,52)(H,43,47)(H,44,50)(H,45,51)(H,46,53)(H,54,55). The molecule has 0 saturated heterocycles. The molecule has 5 aromatic rings. The van der Waals surface area contributed by atoms with E-state index in [0.29, 0.717) is 16.8 Å². The van der Waals surface area contributed by atoms with Crippen LogP contribution in [0.5, 0.6) is 23.0 Å². The highest BCUT2D eigenvalue weighted by Crippen LogP contribution is 2.40. The Kier molecular flexibility index (Phi) is 12.2. The monoisotopic (exact) mass is 774 g/mol. The van der Waals surface area contributed by atoms with E-state index in [4.69, 9.17) is 14.7 Å². The van der Waals surface area contributed by atoms with Crippen molar-refractivity contribution < 1.29 is 53.6 Å². The van der Waals surface area contributed by atoms with E-state index >= 15 is 0 Å². The maximum Gasteiger partial charge on any atom is 0.339 e. The maximum absolute atomic E-state index is 13.0. The fourth-order valence-corrected chi connectivity index (χ4v) is 5.04. The Morgan fingerprint density at radius 2 is 1.16 bits per heavy atom. The van der Waals surface area contributed by atoms with Gasteiger partial charge in [-0.05, 0) is 72.8 Å². The van der Waals surface area contributed by atoms with Gasteiger partial charge >= 0.3 is 5.97 Å². The second kappa shape index (κ2) is 17.5. The summed E-state index contributed by atoms with van der Waals surface area (Å²) in [5, 5.41) is 51.7. The lowest BCUT2D eigenvalue weighted by molar-refractivity contribution is -0.115. The number of phenolic OH excluding ortho intramolecular Hbond substituents is 1. The fourth-order valence-electron chi connectivity index (χ4n) is 5.04. The molecule has 19 nitrogen and oxygen atoms in total. The molecular weight excluding hydrogens is 744 g/mol. The first-order valence-corrected chi connectivity index (χ1v) is 16.3. The third-order valence-corrected chi connectivity index (χ3v) is 7.86. The van der Waals surface area contributed by atoms with Crippen LogP contribution in [0.25, 0.3) is 0 Å². The molecule has 0 aliphatic carbocycles. The van der Waals surface area contributed by atoms with E-state index in [1.165, 1.54) is 86.2 Å². The molecule has 0 fully saturated rings. The molecule has 57 heavy (non-hydrogen) atoms. The van der Waals surface area contributed by atoms with Crippen LogP contribution in [0.15, 0.2) is 85.2 Å². The molecular formula is C38H30N8O11. The van der Waals surface area contributed by atoms with Gasteiger partial charge in [-0.25, -0.2) is 14.8 Å². The summed E-state index contributed by atoms with van der Waals surface area (Å²) in [7, 11) is 2.34. The van der Waals surface area contributed by atoms with E-state index in [0.717, 1.165) is 13.2 Å². The Balaban J connectivity index is 1.13. The number of phenols is 2. The molecule has 2 heterocycles. The number of aromatic carboxylic acids is 1. The molecule has 2 aromatic heterocycles. The minimum atomic E-state index is -1.42. The number of rotatable bonds is 13. The zero-order valence-electron chi connectivity index (χ0n) is 29.7. The number of hydrogen-bond acceptors (Lipinski definition) is 13. The number of hydrogen-bond donors (Lipinski definition) is 8. The molecule has 0 atom stereocenters. The number of aromatic hydroxyl groups is 2. The van der Waals surface area contributed by atoms with E-state index in [2.05, 4.69) is 36.6 Å². The van der Waals surface area contributed by atoms with Crippen molar-refractivity contribution in [3.63, 3.8) is 0 Å². The summed E-state index contributed by atoms with van der Waals surface area (Å²) >= 11 is 0. The summed E-state index contributed by atoms with van der Waals surface area (Å²) < 4.78 is 10.3. The number of amides is 5. The normalized spacial score (nSPS) is 10.3. The molecule has 0 unspecified atom stereocenters. The van der Waals surface area contributed by atoms with Crippen molar-refractivity contribution in [3.8, 4) is 29.1 Å². The third kappa shape index (κ3) is 9.35. The molecule has 5 amide bonds. The molecule has 0 spiro atoms. The first kappa shape index (κ1) is 39.7. The quantitative estimate of drug-likeness (QED) is 0.0848. The number of benzene rings is 3. The smallest absolute Gasteiger partial charge is 0.339 e. The zero-order chi connectivity index (χ0) is 41.2. The first-order chi connectivity index (χ1) is 27.3. The highest BCUT2D eigenvalue weighted by Gasteiger charge is 2.24. The molecule has 0 radical (unpaired) electrons. The molecule has 0 saturated carbocycles. The number of nitrogens with one attached hydrogen (secondary N) is 5. The Bertz CT molecular complexity index is 2430. The molecule has 288 valence electrons. The van der Waals surface area contributed by atoms with E-state index in [1.54, 1.807) is 0 Å². The van der Waals surface area contributed by atoms with Gasteiger partial charge in [0.1, 0.15) is 17.0 Å². The number of nitrogens with zero attached hydrogens (tertiary/aromatic N) is 3. The van der Waals surface area contributed by atoms with Crippen molar-refractivity contribution in [1.82, 2.24) is 15.3 Å². The van der Waals surface area contributed by atoms with E-state index in [9.17, 15) is 44.1 Å². The number of aromatic nitrogens is 2. The van der Waals surface area contributed by atoms with Gasteiger partial charge < -0.3 is 51.4 Å². The van der Waals surface area contributed by atoms with Crippen LogP contribution < -0.4 is 36.1 Å². The van der Waals surface area contributed by atoms with Crippen molar-refractivity contribution in [1.29, 1.82) is 5.26 Å². The minimum absolute atomic E-state index is 0.0225. The fraction of sp³-hybridized carbons (Fsp3) is 0.0789. The van der Waals surface area contributed by atoms with Gasteiger partial charge in [0.15, 0.2) is 23.0 Å². The van der Waals surface area contributed by atoms with Gasteiger partial charge in [0.25, 0.3) is 23.6 Å². The zero-order valence-corrected chi connectivity index (χ0v) is 29.7. The van der Waals surface area contributed by atoms with Crippen molar-refractivity contribution in [2.75, 3.05) is 42.0 Å². The lowest BCUT2D eigenvalue weighted by Crippen LogP contribution is -2.33. The van der Waals surface area contributed by atoms with Gasteiger partial charge in [-0.15, -0.1) is 0 Å². The van der Waals surface area contributed by atoms with Gasteiger partial charge in [-0.1, -0.05) is 0 Å². The first-order valence-electron chi connectivity index (χ1n) is 16.3. The second-order valence-electron chi connectivity index (χ2n) is 11.5. The highest BCUT2D eigenvalue weighted by molar-refractivity contribution is 6.10. The third-order valence-electron chi connectivity index (χ3n) is 7.86. The van der Waals surface area contributed by atoms with E-state index < -0.39 is 59.1 Å². The SMILES string of the molecule is COc1c(NC(=O)c2ccc(NC(=O)c3ccc(NC(=O)CNC(=O)c4ccc(NC(=O)c5ccc(C#N)cc5)cn4)cn3)c(OC)c2O)ccc(C(=O)O)c1O. The number of ether oxygens (including phenoxy) is 2. The van der Waals surface area contributed by atoms with Crippen LogP contribution in [0.4, 0.5) is 22.7 Å². The number of pyridine rings is 2. The summed E-state index contributed by atoms with van der Waals surface area (Å²) in [6.07, 6.45) is 2.46. The van der Waals surface area contributed by atoms with Crippen molar-refractivity contribution in [2.24, 2.45) is 0 Å². The van der Waals surface area contributed by atoms with Crippen molar-refractivity contribution in [3.05, 3.63) is 119 Å². The van der Waals surface area contributed by atoms with Crippen LogP contribution in [0.3, 0.4) is 0 Å². The number of carbonyl (C=O) groups excluding carboxylic acids is 5.